The summed E-state index contributed by atoms with van der Waals surface area (Å²) in [7, 11) is 0. The molecule has 1 atom stereocenters. The van der Waals surface area contributed by atoms with Gasteiger partial charge in [-0.05, 0) is 45.0 Å². The van der Waals surface area contributed by atoms with Gasteiger partial charge in [0.1, 0.15) is 11.5 Å². The van der Waals surface area contributed by atoms with Gasteiger partial charge in [-0.15, -0.1) is 11.3 Å². The van der Waals surface area contributed by atoms with Crippen LogP contribution in [-0.2, 0) is 0 Å². The second-order valence-electron chi connectivity index (χ2n) is 4.77. The Balaban J connectivity index is 1.85. The maximum Gasteiger partial charge on any atom is 0.106 e. The smallest absolute Gasteiger partial charge is 0.106 e. The molecular formula is C15H16N2OS. The minimum absolute atomic E-state index is 0.225. The average Bonchev–Trinajstić information content (AvgIpc) is 2.94. The fourth-order valence-electron chi connectivity index (χ4n) is 2.35. The summed E-state index contributed by atoms with van der Waals surface area (Å²) < 4.78 is 6.79. The first kappa shape index (κ1) is 12.2. The third kappa shape index (κ3) is 2.36. The van der Waals surface area contributed by atoms with Crippen molar-refractivity contribution in [2.45, 2.75) is 26.8 Å². The molecule has 2 heterocycles. The molecule has 1 aromatic carbocycles. The number of aryl methyl sites for hydroxylation is 2. The first-order valence-electron chi connectivity index (χ1n) is 6.30. The highest BCUT2D eigenvalue weighted by Gasteiger charge is 2.12. The number of fused-ring (bicyclic) bond motifs is 1. The summed E-state index contributed by atoms with van der Waals surface area (Å²) in [5.41, 5.74) is 5.25. The number of nitrogens with one attached hydrogen (secondary N) is 1. The van der Waals surface area contributed by atoms with Crippen LogP contribution in [0.15, 0.2) is 34.2 Å². The molecule has 0 radical (unpaired) electrons. The summed E-state index contributed by atoms with van der Waals surface area (Å²) in [5.74, 6) is 1.94. The molecular weight excluding hydrogens is 256 g/mol. The number of anilines is 1. The zero-order chi connectivity index (χ0) is 13.4. The Bertz CT molecular complexity index is 714. The monoisotopic (exact) mass is 272 g/mol. The van der Waals surface area contributed by atoms with E-state index in [-0.39, 0.29) is 6.04 Å². The molecule has 19 heavy (non-hydrogen) atoms. The van der Waals surface area contributed by atoms with E-state index in [9.17, 15) is 0 Å². The normalized spacial score (nSPS) is 12.8. The van der Waals surface area contributed by atoms with Gasteiger partial charge >= 0.3 is 0 Å². The van der Waals surface area contributed by atoms with Crippen LogP contribution in [0.25, 0.3) is 10.2 Å². The van der Waals surface area contributed by atoms with Crippen molar-refractivity contribution in [3.8, 4) is 0 Å². The molecule has 3 nitrogen and oxygen atoms in total. The number of aromatic nitrogens is 1. The van der Waals surface area contributed by atoms with E-state index in [1.807, 2.05) is 25.4 Å². The molecule has 1 N–H and O–H groups in total. The summed E-state index contributed by atoms with van der Waals surface area (Å²) in [5, 5.41) is 3.51. The van der Waals surface area contributed by atoms with E-state index in [1.54, 1.807) is 11.3 Å². The summed E-state index contributed by atoms with van der Waals surface area (Å²) in [6.07, 6.45) is 0. The highest BCUT2D eigenvalue weighted by atomic mass is 32.1. The minimum Gasteiger partial charge on any atom is -0.466 e. The Morgan fingerprint density at radius 2 is 2.11 bits per heavy atom. The van der Waals surface area contributed by atoms with Crippen LogP contribution in [0.3, 0.4) is 0 Å². The predicted molar refractivity (Wildman–Crippen MR) is 79.8 cm³/mol. The molecule has 0 aliphatic rings. The summed E-state index contributed by atoms with van der Waals surface area (Å²) in [6, 6.07) is 8.59. The second kappa shape index (κ2) is 4.70. The lowest BCUT2D eigenvalue weighted by Crippen LogP contribution is -2.06. The first-order valence-corrected chi connectivity index (χ1v) is 7.18. The van der Waals surface area contributed by atoms with E-state index in [0.29, 0.717) is 0 Å². The number of hydrogen-bond donors (Lipinski definition) is 1. The lowest BCUT2D eigenvalue weighted by Gasteiger charge is -2.14. The number of nitrogens with zero attached hydrogens (tertiary/aromatic N) is 1. The van der Waals surface area contributed by atoms with Crippen molar-refractivity contribution in [1.29, 1.82) is 0 Å². The van der Waals surface area contributed by atoms with Gasteiger partial charge in [0.05, 0.1) is 21.8 Å². The fourth-order valence-corrected chi connectivity index (χ4v) is 3.07. The van der Waals surface area contributed by atoms with Gasteiger partial charge in [-0.3, -0.25) is 0 Å². The Labute approximate surface area is 116 Å². The maximum absolute atomic E-state index is 5.58. The van der Waals surface area contributed by atoms with Crippen molar-refractivity contribution in [2.75, 3.05) is 5.32 Å². The molecule has 1 unspecified atom stereocenters. The number of benzene rings is 1. The molecule has 0 fully saturated rings. The molecule has 3 aromatic rings. The van der Waals surface area contributed by atoms with Gasteiger partial charge in [-0.25, -0.2) is 4.98 Å². The van der Waals surface area contributed by atoms with Crippen molar-refractivity contribution in [2.24, 2.45) is 0 Å². The Morgan fingerprint density at radius 1 is 1.26 bits per heavy atom. The molecule has 0 bridgehead atoms. The predicted octanol–water partition coefficient (Wildman–Crippen LogP) is 4.68. The van der Waals surface area contributed by atoms with Gasteiger partial charge in [0, 0.05) is 11.3 Å². The van der Waals surface area contributed by atoms with Crippen LogP contribution >= 0.6 is 11.3 Å². The molecule has 0 aliphatic heterocycles. The van der Waals surface area contributed by atoms with Crippen molar-refractivity contribution in [1.82, 2.24) is 4.98 Å². The van der Waals surface area contributed by atoms with Crippen LogP contribution in [-0.4, -0.2) is 4.98 Å². The second-order valence-corrected chi connectivity index (χ2v) is 5.66. The lowest BCUT2D eigenvalue weighted by molar-refractivity contribution is 0.500. The maximum atomic E-state index is 5.58. The van der Waals surface area contributed by atoms with Crippen LogP contribution in [0.4, 0.5) is 5.69 Å². The summed E-state index contributed by atoms with van der Waals surface area (Å²) >= 11 is 1.66. The third-order valence-electron chi connectivity index (χ3n) is 3.26. The number of hydrogen-bond acceptors (Lipinski definition) is 4. The van der Waals surface area contributed by atoms with Crippen LogP contribution in [0.5, 0.6) is 0 Å². The molecule has 0 saturated carbocycles. The van der Waals surface area contributed by atoms with Gasteiger partial charge in [-0.1, -0.05) is 0 Å². The molecule has 3 rings (SSSR count). The van der Waals surface area contributed by atoms with E-state index in [4.69, 9.17) is 4.42 Å². The van der Waals surface area contributed by atoms with E-state index >= 15 is 0 Å². The van der Waals surface area contributed by atoms with Crippen LogP contribution in [0, 0.1) is 13.8 Å². The molecule has 4 heteroatoms. The standard InChI is InChI=1S/C15H16N2OS/c1-9-6-13(11(3)18-9)10(2)17-12-4-5-14-15(7-12)19-8-16-14/h4-8,10,17H,1-3H3. The number of thiazole rings is 1. The van der Waals surface area contributed by atoms with Crippen molar-refractivity contribution >= 4 is 27.2 Å². The minimum atomic E-state index is 0.225. The highest BCUT2D eigenvalue weighted by molar-refractivity contribution is 7.16. The van der Waals surface area contributed by atoms with E-state index in [0.717, 1.165) is 22.7 Å². The van der Waals surface area contributed by atoms with E-state index in [2.05, 4.69) is 35.4 Å². The Hall–Kier alpha value is -1.81. The largest absolute Gasteiger partial charge is 0.466 e. The Kier molecular flexibility index (Phi) is 3.03. The van der Waals surface area contributed by atoms with E-state index < -0.39 is 0 Å². The lowest BCUT2D eigenvalue weighted by atomic mass is 10.1. The van der Waals surface area contributed by atoms with Gasteiger partial charge in [0.15, 0.2) is 0 Å². The average molecular weight is 272 g/mol. The SMILES string of the molecule is Cc1cc(C(C)Nc2ccc3ncsc3c2)c(C)o1. The zero-order valence-corrected chi connectivity index (χ0v) is 12.0. The zero-order valence-electron chi connectivity index (χ0n) is 11.2. The Morgan fingerprint density at radius 3 is 2.84 bits per heavy atom. The third-order valence-corrected chi connectivity index (χ3v) is 4.05. The molecule has 0 amide bonds. The van der Waals surface area contributed by atoms with Crippen molar-refractivity contribution in [3.05, 3.63) is 46.9 Å². The molecule has 0 spiro atoms. The molecule has 0 saturated heterocycles. The highest BCUT2D eigenvalue weighted by Crippen LogP contribution is 2.27. The van der Waals surface area contributed by atoms with Gasteiger partial charge < -0.3 is 9.73 Å². The van der Waals surface area contributed by atoms with Crippen LogP contribution in [0.1, 0.15) is 30.0 Å². The summed E-state index contributed by atoms with van der Waals surface area (Å²) in [6.45, 7) is 6.13. The number of furan rings is 1. The van der Waals surface area contributed by atoms with Gasteiger partial charge in [0.2, 0.25) is 0 Å². The molecule has 0 aliphatic carbocycles. The molecule has 98 valence electrons. The van der Waals surface area contributed by atoms with Gasteiger partial charge in [-0.2, -0.15) is 0 Å². The fraction of sp³-hybridized carbons (Fsp3) is 0.267. The van der Waals surface area contributed by atoms with Gasteiger partial charge in [0.25, 0.3) is 0 Å². The molecule has 2 aromatic heterocycles. The first-order chi connectivity index (χ1) is 9.13. The van der Waals surface area contributed by atoms with Crippen LogP contribution < -0.4 is 5.32 Å². The topological polar surface area (TPSA) is 38.1 Å². The van der Waals surface area contributed by atoms with Crippen molar-refractivity contribution < 1.29 is 4.42 Å². The van der Waals surface area contributed by atoms with E-state index in [1.165, 1.54) is 10.3 Å². The quantitative estimate of drug-likeness (QED) is 0.752. The van der Waals surface area contributed by atoms with Crippen LogP contribution in [0.2, 0.25) is 0 Å². The van der Waals surface area contributed by atoms with Crippen molar-refractivity contribution in [3.63, 3.8) is 0 Å². The summed E-state index contributed by atoms with van der Waals surface area (Å²) in [4.78, 5) is 4.29. The number of rotatable bonds is 3.